The molecule has 0 fully saturated rings. The second kappa shape index (κ2) is 5.80. The summed E-state index contributed by atoms with van der Waals surface area (Å²) in [5.74, 6) is -0.381. The van der Waals surface area contributed by atoms with Gasteiger partial charge in [0.2, 0.25) is 0 Å². The van der Waals surface area contributed by atoms with Gasteiger partial charge in [0.1, 0.15) is 0 Å². The molecule has 18 heavy (non-hydrogen) atoms. The zero-order valence-corrected chi connectivity index (χ0v) is 10.9. The quantitative estimate of drug-likeness (QED) is 0.875. The summed E-state index contributed by atoms with van der Waals surface area (Å²) in [6, 6.07) is 8.25. The van der Waals surface area contributed by atoms with E-state index in [2.05, 4.69) is 5.32 Å². The van der Waals surface area contributed by atoms with Crippen LogP contribution < -0.4 is 5.32 Å². The van der Waals surface area contributed by atoms with Gasteiger partial charge in [0.15, 0.2) is 5.78 Å². The maximum absolute atomic E-state index is 11.7. The van der Waals surface area contributed by atoms with Crippen LogP contribution in [-0.4, -0.2) is 18.2 Å². The van der Waals surface area contributed by atoms with Crippen LogP contribution in [0, 0.1) is 0 Å². The molecule has 3 nitrogen and oxygen atoms in total. The molecule has 2 aromatic rings. The minimum atomic E-state index is -0.282. The fourth-order valence-electron chi connectivity index (χ4n) is 1.39. The van der Waals surface area contributed by atoms with Crippen molar-refractivity contribution in [2.24, 2.45) is 0 Å². The summed E-state index contributed by atoms with van der Waals surface area (Å²) in [5.41, 5.74) is 1.11. The van der Waals surface area contributed by atoms with E-state index >= 15 is 0 Å². The molecule has 0 atom stereocenters. The number of benzene rings is 1. The van der Waals surface area contributed by atoms with Crippen molar-refractivity contribution in [3.05, 3.63) is 57.2 Å². The number of hydrogen-bond acceptors (Lipinski definition) is 3. The molecule has 0 aliphatic rings. The summed E-state index contributed by atoms with van der Waals surface area (Å²) in [5, 5.41) is 6.74. The Morgan fingerprint density at radius 1 is 1.11 bits per heavy atom. The van der Waals surface area contributed by atoms with Gasteiger partial charge < -0.3 is 5.32 Å². The molecule has 0 unspecified atom stereocenters. The molecule has 1 aromatic heterocycles. The average Bonchev–Trinajstić information content (AvgIpc) is 2.90. The molecule has 1 aromatic carbocycles. The number of carbonyl (C=O) groups excluding carboxylic acids is 2. The Morgan fingerprint density at radius 2 is 1.83 bits per heavy atom. The van der Waals surface area contributed by atoms with Gasteiger partial charge in [-0.25, -0.2) is 0 Å². The van der Waals surface area contributed by atoms with Crippen molar-refractivity contribution < 1.29 is 9.59 Å². The van der Waals surface area contributed by atoms with E-state index in [4.69, 9.17) is 11.6 Å². The molecule has 0 saturated carbocycles. The zero-order valence-electron chi connectivity index (χ0n) is 9.35. The van der Waals surface area contributed by atoms with Gasteiger partial charge in [-0.05, 0) is 35.7 Å². The van der Waals surface area contributed by atoms with Crippen molar-refractivity contribution in [2.75, 3.05) is 6.54 Å². The number of nitrogens with one attached hydrogen (secondary N) is 1. The van der Waals surface area contributed by atoms with Gasteiger partial charge in [0, 0.05) is 21.5 Å². The molecular formula is C13H10ClNO2S. The minimum absolute atomic E-state index is 0.00179. The van der Waals surface area contributed by atoms with Crippen LogP contribution in [0.15, 0.2) is 41.1 Å². The Bertz CT molecular complexity index is 549. The molecule has 0 aliphatic heterocycles. The van der Waals surface area contributed by atoms with Crippen LogP contribution in [0.25, 0.3) is 0 Å². The Morgan fingerprint density at radius 3 is 2.44 bits per heavy atom. The number of ketones is 1. The lowest BCUT2D eigenvalue weighted by molar-refractivity contribution is 0.0904. The first-order valence-corrected chi connectivity index (χ1v) is 6.58. The number of thiophene rings is 1. The third-order valence-electron chi connectivity index (χ3n) is 2.36. The highest BCUT2D eigenvalue weighted by Crippen LogP contribution is 2.09. The van der Waals surface area contributed by atoms with Crippen molar-refractivity contribution in [1.29, 1.82) is 0 Å². The summed E-state index contributed by atoms with van der Waals surface area (Å²) in [6.07, 6.45) is 0. The third-order valence-corrected chi connectivity index (χ3v) is 3.29. The topological polar surface area (TPSA) is 46.2 Å². The van der Waals surface area contributed by atoms with Crippen LogP contribution in [0.5, 0.6) is 0 Å². The molecule has 0 radical (unpaired) electrons. The smallest absolute Gasteiger partial charge is 0.251 e. The van der Waals surface area contributed by atoms with Crippen LogP contribution in [0.4, 0.5) is 0 Å². The predicted octanol–water partition coefficient (Wildman–Crippen LogP) is 3.01. The van der Waals surface area contributed by atoms with Gasteiger partial charge in [-0.3, -0.25) is 9.59 Å². The lowest BCUT2D eigenvalue weighted by Gasteiger charge is -2.03. The predicted molar refractivity (Wildman–Crippen MR) is 72.4 cm³/mol. The normalized spacial score (nSPS) is 10.1. The Balaban J connectivity index is 1.92. The highest BCUT2D eigenvalue weighted by Gasteiger charge is 2.09. The molecule has 0 saturated heterocycles. The number of hydrogen-bond donors (Lipinski definition) is 1. The first-order valence-electron chi connectivity index (χ1n) is 5.26. The molecular weight excluding hydrogens is 270 g/mol. The Labute approximate surface area is 113 Å². The van der Waals surface area contributed by atoms with Gasteiger partial charge >= 0.3 is 0 Å². The fraction of sp³-hybridized carbons (Fsp3) is 0.0769. The summed E-state index contributed by atoms with van der Waals surface area (Å²) in [7, 11) is 0. The minimum Gasteiger partial charge on any atom is -0.345 e. The Hall–Kier alpha value is -1.65. The number of halogens is 1. The largest absolute Gasteiger partial charge is 0.345 e. The highest BCUT2D eigenvalue weighted by atomic mass is 35.5. The number of amides is 1. The number of rotatable bonds is 4. The number of Topliss-reactive ketones (excluding diaryl/α,β-unsaturated/α-hetero) is 1. The summed E-state index contributed by atoms with van der Waals surface area (Å²) >= 11 is 7.18. The van der Waals surface area contributed by atoms with Crippen molar-refractivity contribution >= 4 is 34.6 Å². The number of carbonyl (C=O) groups is 2. The SMILES string of the molecule is O=C(CNC(=O)c1ccc(Cl)cc1)c1ccsc1. The van der Waals surface area contributed by atoms with E-state index in [-0.39, 0.29) is 18.2 Å². The average molecular weight is 280 g/mol. The summed E-state index contributed by atoms with van der Waals surface area (Å²) in [6.45, 7) is -0.00179. The van der Waals surface area contributed by atoms with E-state index in [9.17, 15) is 9.59 Å². The fourth-order valence-corrected chi connectivity index (χ4v) is 2.18. The van der Waals surface area contributed by atoms with Crippen LogP contribution in [0.3, 0.4) is 0 Å². The van der Waals surface area contributed by atoms with Crippen molar-refractivity contribution in [3.8, 4) is 0 Å². The van der Waals surface area contributed by atoms with E-state index in [0.717, 1.165) is 0 Å². The lowest BCUT2D eigenvalue weighted by atomic mass is 10.2. The molecule has 0 spiro atoms. The highest BCUT2D eigenvalue weighted by molar-refractivity contribution is 7.08. The van der Waals surface area contributed by atoms with Crippen molar-refractivity contribution in [3.63, 3.8) is 0 Å². The van der Waals surface area contributed by atoms with Crippen molar-refractivity contribution in [2.45, 2.75) is 0 Å². The van der Waals surface area contributed by atoms with Gasteiger partial charge in [-0.1, -0.05) is 11.6 Å². The van der Waals surface area contributed by atoms with Crippen LogP contribution in [0.1, 0.15) is 20.7 Å². The second-order valence-electron chi connectivity index (χ2n) is 3.62. The molecule has 1 heterocycles. The zero-order chi connectivity index (χ0) is 13.0. The molecule has 2 rings (SSSR count). The monoisotopic (exact) mass is 279 g/mol. The van der Waals surface area contributed by atoms with E-state index in [1.165, 1.54) is 11.3 Å². The first-order chi connectivity index (χ1) is 8.66. The van der Waals surface area contributed by atoms with Crippen molar-refractivity contribution in [1.82, 2.24) is 5.32 Å². The second-order valence-corrected chi connectivity index (χ2v) is 4.84. The molecule has 1 N–H and O–H groups in total. The van der Waals surface area contributed by atoms with Gasteiger partial charge in [-0.2, -0.15) is 11.3 Å². The van der Waals surface area contributed by atoms with Gasteiger partial charge in [-0.15, -0.1) is 0 Å². The van der Waals surface area contributed by atoms with E-state index in [0.29, 0.717) is 16.1 Å². The molecule has 92 valence electrons. The summed E-state index contributed by atoms with van der Waals surface area (Å²) in [4.78, 5) is 23.4. The molecule has 0 aliphatic carbocycles. The lowest BCUT2D eigenvalue weighted by Crippen LogP contribution is -2.29. The maximum atomic E-state index is 11.7. The Kier molecular flexibility index (Phi) is 4.12. The maximum Gasteiger partial charge on any atom is 0.251 e. The van der Waals surface area contributed by atoms with E-state index in [1.807, 2.05) is 5.38 Å². The van der Waals surface area contributed by atoms with E-state index < -0.39 is 0 Å². The van der Waals surface area contributed by atoms with Crippen LogP contribution >= 0.6 is 22.9 Å². The van der Waals surface area contributed by atoms with Crippen LogP contribution in [-0.2, 0) is 0 Å². The molecule has 1 amide bonds. The summed E-state index contributed by atoms with van der Waals surface area (Å²) < 4.78 is 0. The van der Waals surface area contributed by atoms with Gasteiger partial charge in [0.05, 0.1) is 6.54 Å². The molecule has 5 heteroatoms. The standard InChI is InChI=1S/C13H10ClNO2S/c14-11-3-1-9(2-4-11)13(17)15-7-12(16)10-5-6-18-8-10/h1-6,8H,7H2,(H,15,17). The van der Waals surface area contributed by atoms with E-state index in [1.54, 1.807) is 35.7 Å². The first kappa shape index (κ1) is 12.8. The molecule has 0 bridgehead atoms. The van der Waals surface area contributed by atoms with Crippen LogP contribution in [0.2, 0.25) is 5.02 Å². The third kappa shape index (κ3) is 3.18. The van der Waals surface area contributed by atoms with Gasteiger partial charge in [0.25, 0.3) is 5.91 Å².